The summed E-state index contributed by atoms with van der Waals surface area (Å²) in [6.45, 7) is 2.87. The van der Waals surface area contributed by atoms with Crippen LogP contribution in [0.3, 0.4) is 0 Å². The van der Waals surface area contributed by atoms with E-state index in [0.29, 0.717) is 30.1 Å². The van der Waals surface area contributed by atoms with Crippen molar-refractivity contribution in [1.82, 2.24) is 10.3 Å². The van der Waals surface area contributed by atoms with Gasteiger partial charge in [0.25, 0.3) is 0 Å². The molecule has 0 aromatic heterocycles. The van der Waals surface area contributed by atoms with E-state index < -0.39 is 0 Å². The number of benzene rings is 2. The third-order valence-corrected chi connectivity index (χ3v) is 4.86. The predicted octanol–water partition coefficient (Wildman–Crippen LogP) is 4.36. The van der Waals surface area contributed by atoms with E-state index in [1.165, 1.54) is 28.9 Å². The molecule has 0 saturated carbocycles. The molecule has 2 aromatic carbocycles. The Morgan fingerprint density at radius 3 is 2.61 bits per heavy atom. The van der Waals surface area contributed by atoms with E-state index in [0.717, 1.165) is 12.0 Å². The molecule has 2 aromatic rings. The number of nitrogens with one attached hydrogen (secondary N) is 1. The van der Waals surface area contributed by atoms with Crippen LogP contribution in [0.15, 0.2) is 59.7 Å². The summed E-state index contributed by atoms with van der Waals surface area (Å²) in [7, 11) is 0. The SMILES string of the molecule is CCNC(=O)N(/N=C(\SC)c1cccc(F)c1)C(CCCN)c1ccccc1. The van der Waals surface area contributed by atoms with Crippen LogP contribution in [0.4, 0.5) is 9.18 Å². The molecule has 0 bridgehead atoms. The largest absolute Gasteiger partial charge is 0.338 e. The fourth-order valence-corrected chi connectivity index (χ4v) is 3.37. The quantitative estimate of drug-likeness (QED) is 0.391. The first-order valence-corrected chi connectivity index (χ1v) is 10.5. The summed E-state index contributed by atoms with van der Waals surface area (Å²) in [5.41, 5.74) is 7.33. The smallest absolute Gasteiger partial charge is 0.337 e. The van der Waals surface area contributed by atoms with Gasteiger partial charge in [-0.1, -0.05) is 42.5 Å². The number of hydrogen-bond donors (Lipinski definition) is 2. The number of halogens is 1. The van der Waals surface area contributed by atoms with E-state index in [1.54, 1.807) is 12.1 Å². The van der Waals surface area contributed by atoms with Gasteiger partial charge in [0, 0.05) is 12.1 Å². The molecule has 2 rings (SSSR count). The van der Waals surface area contributed by atoms with Crippen molar-refractivity contribution in [2.75, 3.05) is 19.3 Å². The maximum atomic E-state index is 13.7. The molecule has 0 spiro atoms. The van der Waals surface area contributed by atoms with Gasteiger partial charge in [0.1, 0.15) is 10.9 Å². The highest BCUT2D eigenvalue weighted by Gasteiger charge is 2.25. The summed E-state index contributed by atoms with van der Waals surface area (Å²) in [6.07, 6.45) is 3.28. The lowest BCUT2D eigenvalue weighted by atomic mass is 10.0. The van der Waals surface area contributed by atoms with E-state index in [1.807, 2.05) is 43.5 Å². The number of nitrogens with two attached hydrogens (primary N) is 1. The summed E-state index contributed by atoms with van der Waals surface area (Å²) >= 11 is 1.37. The molecule has 0 aliphatic carbocycles. The number of hydrogen-bond acceptors (Lipinski definition) is 4. The van der Waals surface area contributed by atoms with Crippen LogP contribution in [0.2, 0.25) is 0 Å². The highest BCUT2D eigenvalue weighted by Crippen LogP contribution is 2.27. The number of thioether (sulfide) groups is 1. The Bertz CT molecular complexity index is 785. The molecule has 0 aliphatic rings. The van der Waals surface area contributed by atoms with Crippen LogP contribution in [0.25, 0.3) is 0 Å². The molecule has 0 fully saturated rings. The first kappa shape index (κ1) is 21.9. The third kappa shape index (κ3) is 6.07. The van der Waals surface area contributed by atoms with Crippen LogP contribution in [-0.2, 0) is 0 Å². The zero-order valence-electron chi connectivity index (χ0n) is 16.3. The average molecular weight is 403 g/mol. The second-order valence-electron chi connectivity index (χ2n) is 6.16. The van der Waals surface area contributed by atoms with Gasteiger partial charge >= 0.3 is 6.03 Å². The van der Waals surface area contributed by atoms with E-state index in [-0.39, 0.29) is 17.9 Å². The second kappa shape index (κ2) is 11.5. The normalized spacial score (nSPS) is 12.5. The number of nitrogens with zero attached hydrogens (tertiary/aromatic N) is 2. The average Bonchev–Trinajstić information content (AvgIpc) is 2.71. The Morgan fingerprint density at radius 1 is 1.25 bits per heavy atom. The monoisotopic (exact) mass is 402 g/mol. The van der Waals surface area contributed by atoms with E-state index in [2.05, 4.69) is 10.4 Å². The van der Waals surface area contributed by atoms with Gasteiger partial charge in [-0.25, -0.2) is 14.2 Å². The van der Waals surface area contributed by atoms with Crippen LogP contribution in [0, 0.1) is 5.82 Å². The molecule has 0 saturated heterocycles. The molecule has 0 radical (unpaired) electrons. The zero-order chi connectivity index (χ0) is 20.4. The number of amides is 2. The first-order chi connectivity index (χ1) is 13.6. The number of rotatable bonds is 8. The lowest BCUT2D eigenvalue weighted by Crippen LogP contribution is -2.39. The molecule has 0 heterocycles. The number of carbonyl (C=O) groups is 1. The maximum absolute atomic E-state index is 13.7. The maximum Gasteiger partial charge on any atom is 0.338 e. The van der Waals surface area contributed by atoms with Gasteiger partial charge in [-0.05, 0) is 50.3 Å². The molecule has 0 aliphatic heterocycles. The van der Waals surface area contributed by atoms with Gasteiger partial charge in [-0.2, -0.15) is 5.10 Å². The number of urea groups is 1. The Balaban J connectivity index is 2.49. The molecule has 150 valence electrons. The fraction of sp³-hybridized carbons (Fsp3) is 0.333. The van der Waals surface area contributed by atoms with Crippen molar-refractivity contribution in [3.05, 3.63) is 71.5 Å². The minimum Gasteiger partial charge on any atom is -0.337 e. The molecular weight excluding hydrogens is 375 g/mol. The van der Waals surface area contributed by atoms with Gasteiger partial charge < -0.3 is 11.1 Å². The second-order valence-corrected chi connectivity index (χ2v) is 6.95. The highest BCUT2D eigenvalue weighted by molar-refractivity contribution is 8.13. The van der Waals surface area contributed by atoms with Crippen molar-refractivity contribution in [2.45, 2.75) is 25.8 Å². The highest BCUT2D eigenvalue weighted by atomic mass is 32.2. The molecule has 5 nitrogen and oxygen atoms in total. The molecule has 3 N–H and O–H groups in total. The summed E-state index contributed by atoms with van der Waals surface area (Å²) < 4.78 is 13.7. The topological polar surface area (TPSA) is 70.7 Å². The van der Waals surface area contributed by atoms with Crippen molar-refractivity contribution in [2.24, 2.45) is 10.8 Å². The molecule has 7 heteroatoms. The van der Waals surface area contributed by atoms with Gasteiger partial charge in [0.15, 0.2) is 0 Å². The minimum absolute atomic E-state index is 0.271. The summed E-state index contributed by atoms with van der Waals surface area (Å²) in [6, 6.07) is 15.4. The minimum atomic E-state index is -0.341. The molecule has 1 atom stereocenters. The van der Waals surface area contributed by atoms with E-state index >= 15 is 0 Å². The number of hydrazone groups is 1. The molecule has 28 heavy (non-hydrogen) atoms. The number of carbonyl (C=O) groups excluding carboxylic acids is 1. The Labute approximate surface area is 170 Å². The van der Waals surface area contributed by atoms with Crippen LogP contribution < -0.4 is 11.1 Å². The fourth-order valence-electron chi connectivity index (χ4n) is 2.84. The van der Waals surface area contributed by atoms with Crippen LogP contribution in [0.1, 0.15) is 36.9 Å². The van der Waals surface area contributed by atoms with Crippen molar-refractivity contribution in [3.63, 3.8) is 0 Å². The van der Waals surface area contributed by atoms with Crippen molar-refractivity contribution in [1.29, 1.82) is 0 Å². The molecular formula is C21H27FN4OS. The van der Waals surface area contributed by atoms with Gasteiger partial charge in [0.05, 0.1) is 6.04 Å². The van der Waals surface area contributed by atoms with Crippen molar-refractivity contribution in [3.8, 4) is 0 Å². The predicted molar refractivity (Wildman–Crippen MR) is 115 cm³/mol. The summed E-state index contributed by atoms with van der Waals surface area (Å²) in [4.78, 5) is 12.9. The van der Waals surface area contributed by atoms with Crippen LogP contribution >= 0.6 is 11.8 Å². The summed E-state index contributed by atoms with van der Waals surface area (Å²) in [5, 5.41) is 9.51. The molecule has 1 unspecified atom stereocenters. The Kier molecular flexibility index (Phi) is 8.97. The van der Waals surface area contributed by atoms with Crippen molar-refractivity contribution >= 4 is 22.8 Å². The first-order valence-electron chi connectivity index (χ1n) is 9.31. The Hall–Kier alpha value is -2.38. The van der Waals surface area contributed by atoms with Crippen molar-refractivity contribution < 1.29 is 9.18 Å². The Morgan fingerprint density at radius 2 is 2.00 bits per heavy atom. The van der Waals surface area contributed by atoms with E-state index in [9.17, 15) is 9.18 Å². The standard InChI is InChI=1S/C21H27FN4OS/c1-3-24-21(27)26(19(13-8-14-23)16-9-5-4-6-10-16)25-20(28-2)17-11-7-12-18(22)15-17/h4-7,9-12,15,19H,3,8,13-14,23H2,1-2H3,(H,24,27)/b25-20-. The van der Waals surface area contributed by atoms with Gasteiger partial charge in [-0.3, -0.25) is 0 Å². The lowest BCUT2D eigenvalue weighted by molar-refractivity contribution is 0.173. The molecule has 2 amide bonds. The van der Waals surface area contributed by atoms with Gasteiger partial charge in [0.2, 0.25) is 0 Å². The zero-order valence-corrected chi connectivity index (χ0v) is 17.1. The van der Waals surface area contributed by atoms with Crippen LogP contribution in [-0.4, -0.2) is 35.4 Å². The lowest BCUT2D eigenvalue weighted by Gasteiger charge is -2.29. The summed E-state index contributed by atoms with van der Waals surface area (Å²) in [5.74, 6) is -0.341. The van der Waals surface area contributed by atoms with Crippen LogP contribution in [0.5, 0.6) is 0 Å². The van der Waals surface area contributed by atoms with Gasteiger partial charge in [-0.15, -0.1) is 11.8 Å². The third-order valence-electron chi connectivity index (χ3n) is 4.16. The van der Waals surface area contributed by atoms with E-state index in [4.69, 9.17) is 5.73 Å².